The van der Waals surface area contributed by atoms with Crippen molar-refractivity contribution in [3.63, 3.8) is 0 Å². The minimum atomic E-state index is -8.08. The zero-order chi connectivity index (χ0) is 24.9. The molecule has 0 aliphatic carbocycles. The normalized spacial score (nSPS) is 16.9. The molecule has 0 aromatic carbocycles. The van der Waals surface area contributed by atoms with Gasteiger partial charge in [-0.05, 0) is 6.92 Å². The fourth-order valence-electron chi connectivity index (χ4n) is 1.36. The third-order valence-electron chi connectivity index (χ3n) is 3.13. The first-order valence-electron chi connectivity index (χ1n) is 6.56. The number of halogens is 13. The van der Waals surface area contributed by atoms with Gasteiger partial charge < -0.3 is 4.74 Å². The van der Waals surface area contributed by atoms with Crippen molar-refractivity contribution in [2.45, 2.75) is 42.4 Å². The maximum absolute atomic E-state index is 14.2. The average molecular weight is 497 g/mol. The zero-order valence-electron chi connectivity index (χ0n) is 14.1. The summed E-state index contributed by atoms with van der Waals surface area (Å²) in [6.45, 7) is 3.15. The molecule has 0 aliphatic rings. The molecule has 0 aliphatic heterocycles. The average Bonchev–Trinajstić information content (AvgIpc) is 2.50. The van der Waals surface area contributed by atoms with Crippen molar-refractivity contribution in [3.05, 3.63) is 12.2 Å². The first-order chi connectivity index (χ1) is 12.7. The zero-order valence-corrected chi connectivity index (χ0v) is 14.9. The van der Waals surface area contributed by atoms with Crippen molar-refractivity contribution < 1.29 is 75.0 Å². The minimum Gasteiger partial charge on any atom is -0.403 e. The lowest BCUT2D eigenvalue weighted by atomic mass is 10.1. The molecule has 0 rings (SSSR count). The van der Waals surface area contributed by atoms with Crippen LogP contribution in [0.1, 0.15) is 6.92 Å². The second-order valence-corrected chi connectivity index (χ2v) is 7.38. The van der Waals surface area contributed by atoms with Gasteiger partial charge in [-0.1, -0.05) is 6.58 Å². The molecular formula is C11H8F13NO4S. The van der Waals surface area contributed by atoms with E-state index < -0.39 is 68.3 Å². The molecule has 0 saturated carbocycles. The molecule has 0 heterocycles. The Morgan fingerprint density at radius 1 is 0.800 bits per heavy atom. The molecule has 0 fully saturated rings. The summed E-state index contributed by atoms with van der Waals surface area (Å²) in [5.41, 5.74) is -1.12. The number of hydrogen-bond acceptors (Lipinski definition) is 4. The van der Waals surface area contributed by atoms with Crippen LogP contribution in [-0.2, 0) is 19.6 Å². The number of rotatable bonds is 7. The van der Waals surface area contributed by atoms with Gasteiger partial charge in [0.25, 0.3) is 10.0 Å². The van der Waals surface area contributed by atoms with Gasteiger partial charge in [0.05, 0.1) is 0 Å². The van der Waals surface area contributed by atoms with Gasteiger partial charge in [0.2, 0.25) is 0 Å². The summed E-state index contributed by atoms with van der Waals surface area (Å²) >= 11 is 0. The van der Waals surface area contributed by atoms with Gasteiger partial charge in [-0.3, -0.25) is 0 Å². The van der Waals surface area contributed by atoms with Crippen molar-refractivity contribution in [2.24, 2.45) is 0 Å². The summed E-state index contributed by atoms with van der Waals surface area (Å²) in [6.07, 6.45) is -14.4. The van der Waals surface area contributed by atoms with E-state index in [1.54, 1.807) is 0 Å². The molecule has 19 heteroatoms. The number of carbonyl (C=O) groups is 1. The molecule has 0 bridgehead atoms. The monoisotopic (exact) mass is 497 g/mol. The van der Waals surface area contributed by atoms with E-state index in [9.17, 15) is 70.3 Å². The molecule has 5 nitrogen and oxygen atoms in total. The lowest BCUT2D eigenvalue weighted by Crippen LogP contribution is -2.68. The van der Waals surface area contributed by atoms with Crippen LogP contribution in [0.3, 0.4) is 0 Å². The van der Waals surface area contributed by atoms with Crippen molar-refractivity contribution in [2.75, 3.05) is 7.05 Å². The third kappa shape index (κ3) is 4.04. The van der Waals surface area contributed by atoms with E-state index in [0.717, 1.165) is 0 Å². The molecule has 1 atom stereocenters. The van der Waals surface area contributed by atoms with E-state index in [1.165, 1.54) is 0 Å². The molecule has 0 spiro atoms. The number of ether oxygens (including phenoxy) is 1. The van der Waals surface area contributed by atoms with Crippen molar-refractivity contribution in [1.29, 1.82) is 0 Å². The molecule has 178 valence electrons. The van der Waals surface area contributed by atoms with Gasteiger partial charge in [0, 0.05) is 12.6 Å². The Bertz CT molecular complexity index is 801. The van der Waals surface area contributed by atoms with Crippen LogP contribution < -0.4 is 0 Å². The van der Waals surface area contributed by atoms with Crippen LogP contribution in [0.5, 0.6) is 0 Å². The van der Waals surface area contributed by atoms with Crippen LogP contribution in [0.2, 0.25) is 0 Å². The topological polar surface area (TPSA) is 63.7 Å². The van der Waals surface area contributed by atoms with Crippen LogP contribution >= 0.6 is 0 Å². The SMILES string of the molecule is C=C(C)C(=O)OC(F)(N(C)S(=O)(=O)C(F)(F)C(F)(F)C(F)(F)C(F)(F)F)C(F)(F)F. The maximum Gasteiger partial charge on any atom is 0.478 e. The van der Waals surface area contributed by atoms with Crippen LogP contribution in [0.15, 0.2) is 12.2 Å². The second-order valence-electron chi connectivity index (χ2n) is 5.36. The van der Waals surface area contributed by atoms with Crippen LogP contribution in [-0.4, -0.2) is 61.2 Å². The standard InChI is InChI=1S/C11H8F13NO4S/c1-4(2)5(26)29-11(24,9(19,20)21)25(3)30(27,28)10(22,23)7(14,15)6(12,13)8(16,17)18/h1H2,2-3H3. The van der Waals surface area contributed by atoms with Gasteiger partial charge in [0.15, 0.2) is 0 Å². The second kappa shape index (κ2) is 7.41. The Balaban J connectivity index is 6.75. The number of nitrogens with zero attached hydrogens (tertiary/aromatic N) is 1. The van der Waals surface area contributed by atoms with Crippen LogP contribution in [0.4, 0.5) is 57.1 Å². The molecule has 0 amide bonds. The largest absolute Gasteiger partial charge is 0.478 e. The van der Waals surface area contributed by atoms with E-state index in [2.05, 4.69) is 11.3 Å². The van der Waals surface area contributed by atoms with E-state index in [0.29, 0.717) is 6.92 Å². The van der Waals surface area contributed by atoms with Crippen LogP contribution in [0, 0.1) is 0 Å². The fourth-order valence-corrected chi connectivity index (χ4v) is 2.61. The lowest BCUT2D eigenvalue weighted by Gasteiger charge is -2.38. The Labute approximate surface area is 158 Å². The number of carbonyl (C=O) groups excluding carboxylic acids is 1. The Kier molecular flexibility index (Phi) is 6.97. The molecule has 0 radical (unpaired) electrons. The summed E-state index contributed by atoms with van der Waals surface area (Å²) in [5, 5.41) is -7.70. The minimum absolute atomic E-state index is 0.528. The highest BCUT2D eigenvalue weighted by atomic mass is 32.2. The summed E-state index contributed by atoms with van der Waals surface area (Å²) in [6, 6.07) is 0. The van der Waals surface area contributed by atoms with E-state index in [4.69, 9.17) is 0 Å². The van der Waals surface area contributed by atoms with E-state index in [1.807, 2.05) is 0 Å². The van der Waals surface area contributed by atoms with Gasteiger partial charge in [-0.25, -0.2) is 13.2 Å². The van der Waals surface area contributed by atoms with Crippen molar-refractivity contribution >= 4 is 16.0 Å². The first-order valence-corrected chi connectivity index (χ1v) is 8.00. The smallest absolute Gasteiger partial charge is 0.403 e. The summed E-state index contributed by atoms with van der Waals surface area (Å²) < 4.78 is 192. The summed E-state index contributed by atoms with van der Waals surface area (Å²) in [7, 11) is -9.01. The van der Waals surface area contributed by atoms with Gasteiger partial charge in [-0.15, -0.1) is 4.31 Å². The summed E-state index contributed by atoms with van der Waals surface area (Å²) in [4.78, 5) is 11.1. The predicted molar refractivity (Wildman–Crippen MR) is 68.4 cm³/mol. The van der Waals surface area contributed by atoms with Crippen molar-refractivity contribution in [3.8, 4) is 0 Å². The molecular weight excluding hydrogens is 489 g/mol. The van der Waals surface area contributed by atoms with Crippen LogP contribution in [0.25, 0.3) is 0 Å². The highest BCUT2D eigenvalue weighted by Crippen LogP contribution is 2.56. The van der Waals surface area contributed by atoms with E-state index >= 15 is 0 Å². The Hall–Kier alpha value is -1.79. The fraction of sp³-hybridized carbons (Fsp3) is 0.727. The molecule has 1 unspecified atom stereocenters. The quantitative estimate of drug-likeness (QED) is 0.176. The number of esters is 1. The molecule has 0 aromatic heterocycles. The molecule has 30 heavy (non-hydrogen) atoms. The number of hydrogen-bond donors (Lipinski definition) is 0. The Morgan fingerprint density at radius 2 is 1.17 bits per heavy atom. The number of sulfonamides is 1. The Morgan fingerprint density at radius 3 is 1.43 bits per heavy atom. The highest BCUT2D eigenvalue weighted by Gasteiger charge is 2.87. The summed E-state index contributed by atoms with van der Waals surface area (Å²) in [5.74, 6) is -24.5. The number of alkyl halides is 13. The van der Waals surface area contributed by atoms with Gasteiger partial charge >= 0.3 is 41.4 Å². The first kappa shape index (κ1) is 28.2. The van der Waals surface area contributed by atoms with Crippen molar-refractivity contribution in [1.82, 2.24) is 4.31 Å². The molecule has 0 aromatic rings. The van der Waals surface area contributed by atoms with E-state index in [-0.39, 0.29) is 0 Å². The van der Waals surface area contributed by atoms with Gasteiger partial charge in [0.1, 0.15) is 0 Å². The molecule has 0 N–H and O–H groups in total. The highest BCUT2D eigenvalue weighted by molar-refractivity contribution is 7.90. The third-order valence-corrected chi connectivity index (χ3v) is 4.99. The van der Waals surface area contributed by atoms with Gasteiger partial charge in [-0.2, -0.15) is 57.1 Å². The maximum atomic E-state index is 14.2. The molecule has 0 saturated heterocycles. The predicted octanol–water partition coefficient (Wildman–Crippen LogP) is 3.98. The lowest BCUT2D eigenvalue weighted by molar-refractivity contribution is -0.384.